The zero-order valence-corrected chi connectivity index (χ0v) is 24.9. The van der Waals surface area contributed by atoms with Gasteiger partial charge in [0.05, 0.1) is 0 Å². The molecule has 167 valence electrons. The van der Waals surface area contributed by atoms with Gasteiger partial charge in [-0.05, 0) is 30.8 Å². The molecule has 0 saturated heterocycles. The van der Waals surface area contributed by atoms with Crippen LogP contribution >= 0.6 is 7.92 Å². The first-order chi connectivity index (χ1) is 12.8. The second kappa shape index (κ2) is 13.3. The molecule has 0 aromatic heterocycles. The third-order valence-electron chi connectivity index (χ3n) is 3.46. The van der Waals surface area contributed by atoms with Gasteiger partial charge in [-0.2, -0.15) is 5.71 Å². The predicted octanol–water partition coefficient (Wildman–Crippen LogP) is 8.33. The summed E-state index contributed by atoms with van der Waals surface area (Å²) in [6, 6.07) is 6.38. The molecule has 0 aliphatic heterocycles. The molecular formula is C24H46N2PSiV-. The van der Waals surface area contributed by atoms with E-state index in [2.05, 4.69) is 76.0 Å². The number of rotatable bonds is 2. The number of hydrogen-bond donors (Lipinski definition) is 0. The van der Waals surface area contributed by atoms with Gasteiger partial charge in [0.25, 0.3) is 0 Å². The van der Waals surface area contributed by atoms with Crippen molar-refractivity contribution >= 4 is 31.7 Å². The van der Waals surface area contributed by atoms with Gasteiger partial charge in [-0.25, -0.2) is 0 Å². The van der Waals surface area contributed by atoms with E-state index in [-0.39, 0.29) is 26.5 Å². The Morgan fingerprint density at radius 3 is 1.52 bits per heavy atom. The van der Waals surface area contributed by atoms with Gasteiger partial charge in [-0.15, -0.1) is 7.92 Å². The van der Waals surface area contributed by atoms with E-state index in [1.54, 1.807) is 0 Å². The van der Waals surface area contributed by atoms with Crippen LogP contribution in [0.15, 0.2) is 22.0 Å². The van der Waals surface area contributed by atoms with Crippen molar-refractivity contribution in [1.82, 2.24) is 0 Å². The van der Waals surface area contributed by atoms with Crippen molar-refractivity contribution in [2.75, 3.05) is 20.0 Å². The fourth-order valence-corrected chi connectivity index (χ4v) is 5.32. The van der Waals surface area contributed by atoms with Crippen LogP contribution in [0.25, 0.3) is 5.41 Å². The average Bonchev–Trinajstić information content (AvgIpc) is 2.46. The number of nitrogens with zero attached hydrogens (tertiary/aromatic N) is 2. The minimum absolute atomic E-state index is 0.0291. The molecule has 2 nitrogen and oxygen atoms in total. The van der Waals surface area contributed by atoms with E-state index in [1.165, 1.54) is 16.8 Å². The van der Waals surface area contributed by atoms with Crippen LogP contribution < -0.4 is 0 Å². The van der Waals surface area contributed by atoms with Crippen LogP contribution in [0.2, 0.25) is 19.6 Å². The van der Waals surface area contributed by atoms with E-state index in [0.29, 0.717) is 13.6 Å². The van der Waals surface area contributed by atoms with Gasteiger partial charge in [0.2, 0.25) is 0 Å². The van der Waals surface area contributed by atoms with Gasteiger partial charge >= 0.3 is 100 Å². The summed E-state index contributed by atoms with van der Waals surface area (Å²) in [4.78, 5) is 0. The standard InChI is InChI=1S/C9H18N.C8H9N.C4H10Si.C3H9P.V/c1-8(2,3)7(10)9(4,5)6;1-6-4-3-5-7(2)8(6)9;1-5(2,3)4;1-4(2)3;/h1-6H3;3-5H,1-2H3;1H,2-4H3;1-3H3;/q-1;;;;. The van der Waals surface area contributed by atoms with Crippen molar-refractivity contribution in [2.45, 2.75) is 75.0 Å². The molecule has 1 aromatic carbocycles. The molecule has 0 unspecified atom stereocenters. The molecular weight excluding hydrogens is 426 g/mol. The first kappa shape index (κ1) is 31.0. The van der Waals surface area contributed by atoms with Gasteiger partial charge in [0.15, 0.2) is 0 Å². The quantitative estimate of drug-likeness (QED) is 0.236. The van der Waals surface area contributed by atoms with Crippen molar-refractivity contribution in [1.29, 1.82) is 0 Å². The van der Waals surface area contributed by atoms with Gasteiger partial charge in [-0.1, -0.05) is 41.5 Å². The van der Waals surface area contributed by atoms with Crippen LogP contribution in [0, 0.1) is 24.7 Å². The third-order valence-corrected chi connectivity index (χ3v) is 9.02. The zero-order chi connectivity index (χ0) is 23.6. The average molecular weight is 473 g/mol. The number of aryl methyl sites for hydroxylation is 2. The fourth-order valence-electron chi connectivity index (χ4n) is 2.35. The van der Waals surface area contributed by atoms with E-state index in [9.17, 15) is 5.41 Å². The van der Waals surface area contributed by atoms with Gasteiger partial charge in [0.1, 0.15) is 0 Å². The summed E-state index contributed by atoms with van der Waals surface area (Å²) in [6.45, 7) is 30.2. The Hall–Kier alpha value is -0.209. The van der Waals surface area contributed by atoms with E-state index in [0.717, 1.165) is 0 Å². The third kappa shape index (κ3) is 17.2. The molecule has 5 heteroatoms. The van der Waals surface area contributed by atoms with E-state index >= 15 is 0 Å². The molecule has 0 fully saturated rings. The molecule has 0 aliphatic rings. The second-order valence-corrected chi connectivity index (χ2v) is 20.7. The van der Waals surface area contributed by atoms with E-state index < -0.39 is 8.07 Å². The van der Waals surface area contributed by atoms with Crippen LogP contribution in [0.1, 0.15) is 52.7 Å². The van der Waals surface area contributed by atoms with Crippen LogP contribution in [0.4, 0.5) is 5.69 Å². The summed E-state index contributed by atoms with van der Waals surface area (Å²) < 4.78 is 7.25. The second-order valence-electron chi connectivity index (χ2n) is 11.1. The molecule has 29 heavy (non-hydrogen) atoms. The van der Waals surface area contributed by atoms with Crippen LogP contribution in [0.3, 0.4) is 0 Å². The zero-order valence-electron chi connectivity index (χ0n) is 21.6. The maximum absolute atomic E-state index is 9.64. The Bertz CT molecular complexity index is 660. The Balaban J connectivity index is 0. The molecule has 0 N–H and O–H groups in total. The topological polar surface area (TPSA) is 34.7 Å². The van der Waals surface area contributed by atoms with Crippen molar-refractivity contribution < 1.29 is 15.7 Å². The summed E-state index contributed by atoms with van der Waals surface area (Å²) in [5.74, 6) is 0. The molecule has 0 amide bonds. The van der Waals surface area contributed by atoms with E-state index in [1.807, 2.05) is 41.5 Å². The SMILES string of the molecule is CC(C)(C)C(=[N-])C(C)(C)C.CP(C)C.Cc1cccc(C)c1[N]=[V]=[CH][Si](C)(C)C. The molecule has 0 aliphatic carbocycles. The van der Waals surface area contributed by atoms with Crippen LogP contribution in [-0.4, -0.2) is 38.1 Å². The molecule has 0 saturated carbocycles. The predicted molar refractivity (Wildman–Crippen MR) is 139 cm³/mol. The summed E-state index contributed by atoms with van der Waals surface area (Å²) >= 11 is 0.0291. The summed E-state index contributed by atoms with van der Waals surface area (Å²) in [7, 11) is -0.643. The molecule has 1 aromatic rings. The van der Waals surface area contributed by atoms with Gasteiger partial charge in [-0.3, -0.25) is 0 Å². The molecule has 0 spiro atoms. The Kier molecular flexibility index (Phi) is 14.2. The van der Waals surface area contributed by atoms with Crippen molar-refractivity contribution in [3.05, 3.63) is 34.7 Å². The number of hydrogen-bond acceptors (Lipinski definition) is 1. The minimum atomic E-state index is -1.02. The van der Waals surface area contributed by atoms with Gasteiger partial charge < -0.3 is 5.41 Å². The molecule has 0 radical (unpaired) electrons. The first-order valence-corrected chi connectivity index (χ1v) is 18.0. The van der Waals surface area contributed by atoms with Crippen molar-refractivity contribution in [2.24, 2.45) is 14.6 Å². The Morgan fingerprint density at radius 1 is 0.931 bits per heavy atom. The Labute approximate surface area is 191 Å². The van der Waals surface area contributed by atoms with Crippen LogP contribution in [0.5, 0.6) is 0 Å². The maximum atomic E-state index is 9.64. The molecule has 0 bridgehead atoms. The number of benzene rings is 1. The normalized spacial score (nSPS) is 11.4. The summed E-state index contributed by atoms with van der Waals surface area (Å²) in [6.07, 6.45) is 0. The Morgan fingerprint density at radius 2 is 1.28 bits per heavy atom. The van der Waals surface area contributed by atoms with E-state index in [4.69, 9.17) is 3.79 Å². The molecule has 0 atom stereocenters. The monoisotopic (exact) mass is 472 g/mol. The van der Waals surface area contributed by atoms with Crippen LogP contribution in [-0.2, 0) is 15.7 Å². The summed E-state index contributed by atoms with van der Waals surface area (Å²) in [5.41, 5.74) is 4.21. The summed E-state index contributed by atoms with van der Waals surface area (Å²) in [5, 5.41) is 9.64. The van der Waals surface area contributed by atoms with Crippen molar-refractivity contribution in [3.63, 3.8) is 0 Å². The first-order valence-electron chi connectivity index (χ1n) is 10.3. The molecule has 1 rings (SSSR count). The fraction of sp³-hybridized carbons (Fsp3) is 0.667. The molecule has 0 heterocycles. The van der Waals surface area contributed by atoms with Gasteiger partial charge in [0, 0.05) is 0 Å². The van der Waals surface area contributed by atoms with Crippen molar-refractivity contribution in [3.8, 4) is 0 Å².